The summed E-state index contributed by atoms with van der Waals surface area (Å²) in [4.78, 5) is 0. The van der Waals surface area contributed by atoms with E-state index in [-0.39, 0.29) is 6.61 Å². The van der Waals surface area contributed by atoms with E-state index >= 15 is 0 Å². The Balaban J connectivity index is 1.44. The van der Waals surface area contributed by atoms with E-state index in [2.05, 4.69) is 0 Å². The molecular weight excluding hydrogens is 372 g/mol. The second-order valence-electron chi connectivity index (χ2n) is 7.89. The number of benzene rings is 2. The third kappa shape index (κ3) is 5.04. The topological polar surface area (TPSA) is 66.4 Å². The van der Waals surface area contributed by atoms with Crippen LogP contribution >= 0.6 is 0 Å². The van der Waals surface area contributed by atoms with Crippen molar-refractivity contribution in [3.8, 4) is 0 Å². The van der Waals surface area contributed by atoms with Gasteiger partial charge in [-0.2, -0.15) is 0 Å². The van der Waals surface area contributed by atoms with Gasteiger partial charge in [-0.05, 0) is 25.0 Å². The normalized spacial score (nSPS) is 30.8. The fourth-order valence-corrected chi connectivity index (χ4v) is 3.81. The summed E-state index contributed by atoms with van der Waals surface area (Å²) in [5.74, 6) is -0.812. The summed E-state index contributed by atoms with van der Waals surface area (Å²) in [6.07, 6.45) is -3.04. The highest BCUT2D eigenvalue weighted by atomic mass is 16.8. The summed E-state index contributed by atoms with van der Waals surface area (Å²) in [6.45, 7) is 4.80. The van der Waals surface area contributed by atoms with Crippen LogP contribution in [-0.4, -0.2) is 48.2 Å². The van der Waals surface area contributed by atoms with E-state index in [9.17, 15) is 5.11 Å². The molecular formula is C23H28O6. The van der Waals surface area contributed by atoms with Gasteiger partial charge in [0.1, 0.15) is 24.4 Å². The van der Waals surface area contributed by atoms with Gasteiger partial charge < -0.3 is 28.8 Å². The van der Waals surface area contributed by atoms with Crippen molar-refractivity contribution in [2.75, 3.05) is 6.61 Å². The van der Waals surface area contributed by atoms with Crippen LogP contribution in [0.25, 0.3) is 0 Å². The molecule has 2 heterocycles. The molecule has 1 N–H and O–H groups in total. The number of hydrogen-bond acceptors (Lipinski definition) is 6. The number of fused-ring (bicyclic) bond motifs is 1. The van der Waals surface area contributed by atoms with Crippen molar-refractivity contribution >= 4 is 0 Å². The predicted molar refractivity (Wildman–Crippen MR) is 106 cm³/mol. The lowest BCUT2D eigenvalue weighted by Gasteiger charge is -2.40. The van der Waals surface area contributed by atoms with Gasteiger partial charge in [0.05, 0.1) is 19.8 Å². The number of hydrogen-bond donors (Lipinski definition) is 1. The Hall–Kier alpha value is -1.80. The monoisotopic (exact) mass is 400 g/mol. The predicted octanol–water partition coefficient (Wildman–Crippen LogP) is 3.03. The van der Waals surface area contributed by atoms with E-state index in [0.29, 0.717) is 13.2 Å². The van der Waals surface area contributed by atoms with Gasteiger partial charge >= 0.3 is 0 Å². The van der Waals surface area contributed by atoms with Crippen molar-refractivity contribution in [3.63, 3.8) is 0 Å². The summed E-state index contributed by atoms with van der Waals surface area (Å²) in [5.41, 5.74) is 2.13. The minimum atomic E-state index is -1.09. The fraction of sp³-hybridized carbons (Fsp3) is 0.478. The average molecular weight is 400 g/mol. The lowest BCUT2D eigenvalue weighted by atomic mass is 9.99. The summed E-state index contributed by atoms with van der Waals surface area (Å²) >= 11 is 0. The van der Waals surface area contributed by atoms with Crippen LogP contribution in [0, 0.1) is 0 Å². The zero-order chi connectivity index (χ0) is 20.3. The fourth-order valence-electron chi connectivity index (χ4n) is 3.81. The van der Waals surface area contributed by atoms with Crippen LogP contribution in [0.3, 0.4) is 0 Å². The van der Waals surface area contributed by atoms with Gasteiger partial charge in [-0.1, -0.05) is 60.7 Å². The first-order chi connectivity index (χ1) is 14.0. The van der Waals surface area contributed by atoms with Gasteiger partial charge in [0.15, 0.2) is 12.1 Å². The molecule has 2 saturated heterocycles. The highest BCUT2D eigenvalue weighted by Gasteiger charge is 2.55. The maximum Gasteiger partial charge on any atom is 0.184 e. The molecule has 0 saturated carbocycles. The average Bonchev–Trinajstić information content (AvgIpc) is 3.05. The molecule has 0 aromatic heterocycles. The Kier molecular flexibility index (Phi) is 6.29. The van der Waals surface area contributed by atoms with E-state index in [1.807, 2.05) is 74.5 Å². The molecule has 6 heteroatoms. The van der Waals surface area contributed by atoms with Crippen LogP contribution < -0.4 is 0 Å². The van der Waals surface area contributed by atoms with Crippen LogP contribution in [-0.2, 0) is 36.9 Å². The Morgan fingerprint density at radius 1 is 0.862 bits per heavy atom. The molecule has 0 bridgehead atoms. The maximum absolute atomic E-state index is 10.5. The number of aliphatic hydroxyl groups excluding tert-OH is 1. The lowest BCUT2D eigenvalue weighted by Crippen LogP contribution is -2.58. The quantitative estimate of drug-likeness (QED) is 0.771. The third-order valence-corrected chi connectivity index (χ3v) is 5.13. The second kappa shape index (κ2) is 8.92. The zero-order valence-corrected chi connectivity index (χ0v) is 16.8. The number of ether oxygens (including phenoxy) is 5. The van der Waals surface area contributed by atoms with Gasteiger partial charge in [-0.25, -0.2) is 0 Å². The molecule has 2 aromatic carbocycles. The van der Waals surface area contributed by atoms with Crippen molar-refractivity contribution < 1.29 is 28.8 Å². The maximum atomic E-state index is 10.5. The van der Waals surface area contributed by atoms with Crippen molar-refractivity contribution in [2.24, 2.45) is 0 Å². The van der Waals surface area contributed by atoms with Crippen molar-refractivity contribution in [1.29, 1.82) is 0 Å². The largest absolute Gasteiger partial charge is 0.374 e. The molecule has 2 aliphatic heterocycles. The van der Waals surface area contributed by atoms with E-state index in [4.69, 9.17) is 23.7 Å². The molecule has 0 amide bonds. The highest BCUT2D eigenvalue weighted by molar-refractivity contribution is 5.14. The molecule has 5 atom stereocenters. The van der Waals surface area contributed by atoms with Crippen molar-refractivity contribution in [3.05, 3.63) is 71.8 Å². The van der Waals surface area contributed by atoms with E-state index in [0.717, 1.165) is 11.1 Å². The summed E-state index contributed by atoms with van der Waals surface area (Å²) < 4.78 is 29.9. The SMILES string of the molecule is CC1(C)O[C@H]2[C@H](OCc3ccccc3)[C@@H](COCc3ccccc3)OC(O)[C@H]2O1. The van der Waals surface area contributed by atoms with E-state index in [1.54, 1.807) is 0 Å². The Morgan fingerprint density at radius 2 is 1.45 bits per heavy atom. The standard InChI is InChI=1S/C23H28O6/c1-23(2)28-20-19(26-14-17-11-7-4-8-12-17)18(27-22(24)21(20)29-23)15-25-13-16-9-5-3-6-10-16/h3-12,18-22,24H,13-15H2,1-2H3/t18-,19-,20+,21+,22?/m1/s1. The first-order valence-corrected chi connectivity index (χ1v) is 9.98. The Morgan fingerprint density at radius 3 is 2.10 bits per heavy atom. The molecule has 4 rings (SSSR count). The molecule has 0 aliphatic carbocycles. The van der Waals surface area contributed by atoms with Gasteiger partial charge in [-0.3, -0.25) is 0 Å². The lowest BCUT2D eigenvalue weighted by molar-refractivity contribution is -0.275. The van der Waals surface area contributed by atoms with Crippen molar-refractivity contribution in [2.45, 2.75) is 63.6 Å². The van der Waals surface area contributed by atoms with E-state index < -0.39 is 36.5 Å². The molecule has 6 nitrogen and oxygen atoms in total. The summed E-state index contributed by atoms with van der Waals surface area (Å²) in [6, 6.07) is 19.9. The summed E-state index contributed by atoms with van der Waals surface area (Å²) in [7, 11) is 0. The van der Waals surface area contributed by atoms with Crippen LogP contribution in [0.15, 0.2) is 60.7 Å². The first kappa shape index (κ1) is 20.5. The number of rotatable bonds is 7. The van der Waals surface area contributed by atoms with Gasteiger partial charge in [0, 0.05) is 0 Å². The zero-order valence-electron chi connectivity index (χ0n) is 16.8. The molecule has 29 heavy (non-hydrogen) atoms. The molecule has 1 unspecified atom stereocenters. The third-order valence-electron chi connectivity index (χ3n) is 5.13. The van der Waals surface area contributed by atoms with Crippen LogP contribution in [0.1, 0.15) is 25.0 Å². The van der Waals surface area contributed by atoms with Crippen molar-refractivity contribution in [1.82, 2.24) is 0 Å². The minimum Gasteiger partial charge on any atom is -0.374 e. The Labute approximate surface area is 171 Å². The van der Waals surface area contributed by atoms with Gasteiger partial charge in [0.2, 0.25) is 0 Å². The molecule has 156 valence electrons. The molecule has 0 spiro atoms. The van der Waals surface area contributed by atoms with Gasteiger partial charge in [-0.15, -0.1) is 0 Å². The molecule has 2 fully saturated rings. The molecule has 2 aromatic rings. The number of aliphatic hydroxyl groups is 1. The minimum absolute atomic E-state index is 0.276. The highest BCUT2D eigenvalue weighted by Crippen LogP contribution is 2.38. The van der Waals surface area contributed by atoms with E-state index in [1.165, 1.54) is 0 Å². The molecule has 2 aliphatic rings. The second-order valence-corrected chi connectivity index (χ2v) is 7.89. The Bertz CT molecular complexity index is 765. The molecule has 0 radical (unpaired) electrons. The summed E-state index contributed by atoms with van der Waals surface area (Å²) in [5, 5.41) is 10.5. The first-order valence-electron chi connectivity index (χ1n) is 9.98. The van der Waals surface area contributed by atoms with Gasteiger partial charge in [0.25, 0.3) is 0 Å². The van der Waals surface area contributed by atoms with Crippen LogP contribution in [0.2, 0.25) is 0 Å². The smallest absolute Gasteiger partial charge is 0.184 e. The van der Waals surface area contributed by atoms with Crippen LogP contribution in [0.4, 0.5) is 0 Å². The van der Waals surface area contributed by atoms with Crippen LogP contribution in [0.5, 0.6) is 0 Å².